The van der Waals surface area contributed by atoms with Crippen molar-refractivity contribution in [3.63, 3.8) is 0 Å². The number of pyridine rings is 2. The molecule has 134 valence electrons. The first-order valence-electron chi connectivity index (χ1n) is 8.32. The smallest absolute Gasteiger partial charge is 0.261 e. The molecule has 3 aromatic heterocycles. The highest BCUT2D eigenvalue weighted by Crippen LogP contribution is 2.13. The maximum atomic E-state index is 12.5. The fourth-order valence-electron chi connectivity index (χ4n) is 2.56. The molecule has 1 amide bonds. The summed E-state index contributed by atoms with van der Waals surface area (Å²) in [5.41, 5.74) is 1.09. The third-order valence-electron chi connectivity index (χ3n) is 3.92. The van der Waals surface area contributed by atoms with Gasteiger partial charge < -0.3 is 14.4 Å². The minimum atomic E-state index is -0.202. The Morgan fingerprint density at radius 2 is 2.12 bits per heavy atom. The number of aromatic nitrogens is 4. The van der Waals surface area contributed by atoms with E-state index in [1.807, 2.05) is 19.9 Å². The molecule has 26 heavy (non-hydrogen) atoms. The molecule has 3 rings (SSSR count). The molecule has 0 aliphatic rings. The van der Waals surface area contributed by atoms with Crippen molar-refractivity contribution in [3.8, 4) is 11.4 Å². The second kappa shape index (κ2) is 7.73. The molecule has 0 aliphatic heterocycles. The number of carbonyl (C=O) groups is 1. The van der Waals surface area contributed by atoms with Crippen molar-refractivity contribution < 1.29 is 9.32 Å². The monoisotopic (exact) mass is 353 g/mol. The highest BCUT2D eigenvalue weighted by Gasteiger charge is 2.15. The summed E-state index contributed by atoms with van der Waals surface area (Å²) < 4.78 is 6.82. The average Bonchev–Trinajstić information content (AvgIpc) is 3.10. The van der Waals surface area contributed by atoms with Crippen molar-refractivity contribution >= 4 is 11.7 Å². The summed E-state index contributed by atoms with van der Waals surface area (Å²) in [6.45, 7) is 4.34. The number of hydrogen-bond donors (Lipinski definition) is 1. The van der Waals surface area contributed by atoms with Crippen LogP contribution in [0.15, 0.2) is 45.8 Å². The zero-order valence-corrected chi connectivity index (χ0v) is 14.6. The van der Waals surface area contributed by atoms with Crippen molar-refractivity contribution in [2.45, 2.75) is 33.2 Å². The number of aryl methyl sites for hydroxylation is 2. The summed E-state index contributed by atoms with van der Waals surface area (Å²) in [7, 11) is 0. The number of rotatable bonds is 6. The van der Waals surface area contributed by atoms with Gasteiger partial charge in [0.15, 0.2) is 0 Å². The van der Waals surface area contributed by atoms with E-state index in [0.29, 0.717) is 23.8 Å². The fourth-order valence-corrected chi connectivity index (χ4v) is 2.56. The van der Waals surface area contributed by atoms with Gasteiger partial charge in [0, 0.05) is 31.3 Å². The largest absolute Gasteiger partial charge is 0.339 e. The summed E-state index contributed by atoms with van der Waals surface area (Å²) in [6.07, 6.45) is 2.05. The first-order valence-corrected chi connectivity index (χ1v) is 8.32. The Morgan fingerprint density at radius 3 is 2.85 bits per heavy atom. The molecule has 0 fully saturated rings. The van der Waals surface area contributed by atoms with E-state index in [1.165, 1.54) is 0 Å². The Balaban J connectivity index is 1.67. The molecule has 8 heteroatoms. The lowest BCUT2D eigenvalue weighted by molar-refractivity contribution is -0.116. The third-order valence-corrected chi connectivity index (χ3v) is 3.92. The molecular weight excluding hydrogens is 334 g/mol. The summed E-state index contributed by atoms with van der Waals surface area (Å²) in [5, 5.41) is 6.56. The van der Waals surface area contributed by atoms with E-state index < -0.39 is 0 Å². The van der Waals surface area contributed by atoms with Gasteiger partial charge in [-0.3, -0.25) is 9.59 Å². The number of carbonyl (C=O) groups excluding carboxylic acids is 1. The van der Waals surface area contributed by atoms with Gasteiger partial charge in [-0.2, -0.15) is 4.98 Å². The van der Waals surface area contributed by atoms with Crippen LogP contribution in [0.25, 0.3) is 11.4 Å². The van der Waals surface area contributed by atoms with Crippen molar-refractivity contribution in [3.05, 3.63) is 58.5 Å². The SMILES string of the molecule is CCn1c(C)ccc(-c2noc(CCC(=O)Nc3ccccn3)n2)c1=O. The van der Waals surface area contributed by atoms with Gasteiger partial charge in [-0.25, -0.2) is 4.98 Å². The molecule has 0 spiro atoms. The van der Waals surface area contributed by atoms with Crippen LogP contribution in [0.3, 0.4) is 0 Å². The van der Waals surface area contributed by atoms with Crippen LogP contribution in [-0.2, 0) is 17.8 Å². The zero-order chi connectivity index (χ0) is 18.5. The van der Waals surface area contributed by atoms with E-state index in [4.69, 9.17) is 4.52 Å². The molecule has 0 atom stereocenters. The lowest BCUT2D eigenvalue weighted by Crippen LogP contribution is -2.23. The lowest BCUT2D eigenvalue weighted by Gasteiger charge is -2.07. The first-order chi connectivity index (χ1) is 12.6. The van der Waals surface area contributed by atoms with Crippen LogP contribution >= 0.6 is 0 Å². The van der Waals surface area contributed by atoms with Crippen molar-refractivity contribution in [2.24, 2.45) is 0 Å². The van der Waals surface area contributed by atoms with Crippen LogP contribution in [0, 0.1) is 6.92 Å². The van der Waals surface area contributed by atoms with Crippen LogP contribution in [-0.4, -0.2) is 25.6 Å². The van der Waals surface area contributed by atoms with Gasteiger partial charge in [-0.1, -0.05) is 11.2 Å². The molecule has 0 aliphatic carbocycles. The van der Waals surface area contributed by atoms with Gasteiger partial charge in [0.05, 0.1) is 5.56 Å². The van der Waals surface area contributed by atoms with Gasteiger partial charge in [0.1, 0.15) is 5.82 Å². The van der Waals surface area contributed by atoms with Crippen LogP contribution in [0.1, 0.15) is 24.9 Å². The number of nitrogens with one attached hydrogen (secondary N) is 1. The maximum Gasteiger partial charge on any atom is 0.261 e. The van der Waals surface area contributed by atoms with Crippen LogP contribution < -0.4 is 10.9 Å². The molecule has 0 aromatic carbocycles. The minimum absolute atomic E-state index is 0.159. The quantitative estimate of drug-likeness (QED) is 0.729. The molecular formula is C18H19N5O3. The second-order valence-electron chi connectivity index (χ2n) is 5.71. The highest BCUT2D eigenvalue weighted by molar-refractivity contribution is 5.89. The van der Waals surface area contributed by atoms with Gasteiger partial charge in [-0.15, -0.1) is 0 Å². The summed E-state index contributed by atoms with van der Waals surface area (Å²) >= 11 is 0. The second-order valence-corrected chi connectivity index (χ2v) is 5.71. The van der Waals surface area contributed by atoms with Gasteiger partial charge >= 0.3 is 0 Å². The Bertz CT molecular complexity index is 962. The predicted molar refractivity (Wildman–Crippen MR) is 95.6 cm³/mol. The Morgan fingerprint density at radius 1 is 1.27 bits per heavy atom. The molecule has 1 N–H and O–H groups in total. The minimum Gasteiger partial charge on any atom is -0.339 e. The number of nitrogens with zero attached hydrogens (tertiary/aromatic N) is 4. The summed E-state index contributed by atoms with van der Waals surface area (Å²) in [6, 6.07) is 8.80. The Hall–Kier alpha value is -3.29. The van der Waals surface area contributed by atoms with Gasteiger partial charge in [-0.05, 0) is 38.1 Å². The van der Waals surface area contributed by atoms with E-state index in [2.05, 4.69) is 20.4 Å². The molecule has 0 unspecified atom stereocenters. The maximum absolute atomic E-state index is 12.5. The van der Waals surface area contributed by atoms with Crippen LogP contribution in [0.2, 0.25) is 0 Å². The molecule has 0 bridgehead atoms. The molecule has 0 radical (unpaired) electrons. The zero-order valence-electron chi connectivity index (χ0n) is 14.6. The molecule has 8 nitrogen and oxygen atoms in total. The van der Waals surface area contributed by atoms with E-state index in [0.717, 1.165) is 5.69 Å². The Labute approximate surface area is 149 Å². The topological polar surface area (TPSA) is 103 Å². The van der Waals surface area contributed by atoms with E-state index in [1.54, 1.807) is 35.0 Å². The molecule has 3 heterocycles. The number of amides is 1. The predicted octanol–water partition coefficient (Wildman–Crippen LogP) is 2.19. The van der Waals surface area contributed by atoms with Crippen LogP contribution in [0.5, 0.6) is 0 Å². The van der Waals surface area contributed by atoms with Crippen molar-refractivity contribution in [2.75, 3.05) is 5.32 Å². The normalized spacial score (nSPS) is 10.7. The molecule has 3 aromatic rings. The van der Waals surface area contributed by atoms with E-state index >= 15 is 0 Å². The van der Waals surface area contributed by atoms with Crippen molar-refractivity contribution in [1.82, 2.24) is 19.7 Å². The Kier molecular flexibility index (Phi) is 5.21. The van der Waals surface area contributed by atoms with Gasteiger partial charge in [0.2, 0.25) is 17.6 Å². The first kappa shape index (κ1) is 17.5. The van der Waals surface area contributed by atoms with E-state index in [9.17, 15) is 9.59 Å². The molecule has 0 saturated heterocycles. The summed E-state index contributed by atoms with van der Waals surface area (Å²) in [4.78, 5) is 32.7. The number of hydrogen-bond acceptors (Lipinski definition) is 6. The number of anilines is 1. The average molecular weight is 353 g/mol. The standard InChI is InChI=1S/C18H19N5O3/c1-3-23-12(2)7-8-13(18(23)25)17-21-16(26-22-17)10-9-15(24)20-14-6-4-5-11-19-14/h4-8,11H,3,9-10H2,1-2H3,(H,19,20,24). The molecule has 0 saturated carbocycles. The fraction of sp³-hybridized carbons (Fsp3) is 0.278. The lowest BCUT2D eigenvalue weighted by atomic mass is 10.2. The van der Waals surface area contributed by atoms with E-state index in [-0.39, 0.29) is 30.1 Å². The summed E-state index contributed by atoms with van der Waals surface area (Å²) in [5.74, 6) is 0.826. The highest BCUT2D eigenvalue weighted by atomic mass is 16.5. The van der Waals surface area contributed by atoms with Crippen molar-refractivity contribution in [1.29, 1.82) is 0 Å². The van der Waals surface area contributed by atoms with Crippen LogP contribution in [0.4, 0.5) is 5.82 Å². The third kappa shape index (κ3) is 3.85. The van der Waals surface area contributed by atoms with Gasteiger partial charge in [0.25, 0.3) is 5.56 Å².